The van der Waals surface area contributed by atoms with E-state index in [0.717, 1.165) is 42.7 Å². The van der Waals surface area contributed by atoms with Crippen molar-refractivity contribution >= 4 is 71.6 Å². The van der Waals surface area contributed by atoms with E-state index >= 15 is 0 Å². The van der Waals surface area contributed by atoms with Gasteiger partial charge in [-0.25, -0.2) is 57.5 Å². The zero-order valence-corrected chi connectivity index (χ0v) is 48.7. The molecule has 0 fully saturated rings. The van der Waals surface area contributed by atoms with E-state index in [0.29, 0.717) is 0 Å². The van der Waals surface area contributed by atoms with Crippen molar-refractivity contribution in [3.63, 3.8) is 0 Å². The fourth-order valence-electron chi connectivity index (χ4n) is 8.46. The molecule has 0 aliphatic heterocycles. The Labute approximate surface area is 507 Å². The maximum atomic E-state index is 14.2. The molecular weight excluding hydrogens is 1170 g/mol. The standard InChI is InChI=1S/C64H58O25/c1-77-51(65)39-19-7-13-25-45(39)57(71)84-33-63(34-85-58(72)46-26-14-8-20-40(46)52(66)78-2,35-86-59(73)47-27-15-9-21-41(47)53(67)79-3)31-83-32-64(36-87-60(74)48-28-16-10-22-42(48)54(68)80-4,37-88-61(75)49-29-17-11-23-43(49)55(69)81-5)38-89-62(76)50-30-18-12-24-44(50)56(70)82-6/h7-30H,31-38H2,1-6H3. The summed E-state index contributed by atoms with van der Waals surface area (Å²) in [6.45, 7) is -7.62. The molecule has 0 saturated heterocycles. The third-order valence-electron chi connectivity index (χ3n) is 13.2. The second-order valence-corrected chi connectivity index (χ2v) is 19.2. The Kier molecular flexibility index (Phi) is 24.0. The summed E-state index contributed by atoms with van der Waals surface area (Å²) in [4.78, 5) is 163. The number of carbonyl (C=O) groups excluding carboxylic acids is 12. The molecular formula is C64H58O25. The van der Waals surface area contributed by atoms with Gasteiger partial charge in [-0.05, 0) is 72.8 Å². The number of methoxy groups -OCH3 is 6. The smallest absolute Gasteiger partial charge is 0.339 e. The molecule has 464 valence electrons. The van der Waals surface area contributed by atoms with Crippen molar-refractivity contribution in [3.8, 4) is 0 Å². The molecule has 25 heteroatoms. The zero-order valence-electron chi connectivity index (χ0n) is 48.7. The van der Waals surface area contributed by atoms with E-state index < -0.39 is 135 Å². The van der Waals surface area contributed by atoms with Crippen LogP contribution >= 0.6 is 0 Å². The average Bonchev–Trinajstić information content (AvgIpc) is 3.28. The molecule has 0 bridgehead atoms. The van der Waals surface area contributed by atoms with Crippen LogP contribution in [-0.4, -0.2) is 167 Å². The van der Waals surface area contributed by atoms with Gasteiger partial charge in [-0.15, -0.1) is 0 Å². The lowest BCUT2D eigenvalue weighted by Crippen LogP contribution is -2.47. The number of hydrogen-bond acceptors (Lipinski definition) is 25. The van der Waals surface area contributed by atoms with Crippen LogP contribution in [-0.2, 0) is 61.6 Å². The lowest BCUT2D eigenvalue weighted by molar-refractivity contribution is -0.112. The van der Waals surface area contributed by atoms with Crippen LogP contribution in [0.1, 0.15) is 124 Å². The molecule has 25 nitrogen and oxygen atoms in total. The van der Waals surface area contributed by atoms with E-state index in [1.807, 2.05) is 0 Å². The van der Waals surface area contributed by atoms with Crippen molar-refractivity contribution in [3.05, 3.63) is 212 Å². The molecule has 0 saturated carbocycles. The minimum Gasteiger partial charge on any atom is -0.465 e. The van der Waals surface area contributed by atoms with Crippen LogP contribution in [0, 0.1) is 10.8 Å². The second-order valence-electron chi connectivity index (χ2n) is 19.2. The molecule has 0 unspecified atom stereocenters. The van der Waals surface area contributed by atoms with Crippen molar-refractivity contribution in [2.24, 2.45) is 10.8 Å². The van der Waals surface area contributed by atoms with Crippen molar-refractivity contribution in [2.45, 2.75) is 0 Å². The van der Waals surface area contributed by atoms with E-state index in [-0.39, 0.29) is 66.8 Å². The minimum absolute atomic E-state index is 0.250. The topological polar surface area (TPSA) is 325 Å². The minimum atomic E-state index is -2.17. The fourth-order valence-corrected chi connectivity index (χ4v) is 8.46. The Bertz CT molecular complexity index is 3040. The maximum absolute atomic E-state index is 14.2. The molecule has 0 spiro atoms. The summed E-state index contributed by atoms with van der Waals surface area (Å²) in [5, 5.41) is 0. The van der Waals surface area contributed by atoms with Gasteiger partial charge in [0.1, 0.15) is 39.6 Å². The Morgan fingerprint density at radius 2 is 0.337 bits per heavy atom. The van der Waals surface area contributed by atoms with Crippen LogP contribution < -0.4 is 0 Å². The third-order valence-corrected chi connectivity index (χ3v) is 13.2. The summed E-state index contributed by atoms with van der Waals surface area (Å²) in [7, 11) is 6.41. The normalized spacial score (nSPS) is 10.9. The molecule has 0 amide bonds. The van der Waals surface area contributed by atoms with Crippen molar-refractivity contribution in [1.29, 1.82) is 0 Å². The molecule has 0 heterocycles. The van der Waals surface area contributed by atoms with Gasteiger partial charge in [0, 0.05) is 0 Å². The Hall–Kier alpha value is -11.1. The van der Waals surface area contributed by atoms with Gasteiger partial charge in [-0.2, -0.15) is 0 Å². The molecule has 0 aliphatic carbocycles. The highest BCUT2D eigenvalue weighted by molar-refractivity contribution is 6.07. The van der Waals surface area contributed by atoms with Crippen LogP contribution in [0.5, 0.6) is 0 Å². The highest BCUT2D eigenvalue weighted by Crippen LogP contribution is 2.30. The van der Waals surface area contributed by atoms with Crippen LogP contribution in [0.25, 0.3) is 0 Å². The van der Waals surface area contributed by atoms with Gasteiger partial charge in [-0.1, -0.05) is 72.8 Å². The van der Waals surface area contributed by atoms with Gasteiger partial charge in [0.2, 0.25) is 0 Å². The first kappa shape index (κ1) is 67.1. The Morgan fingerprint density at radius 3 is 0.461 bits per heavy atom. The highest BCUT2D eigenvalue weighted by Gasteiger charge is 2.43. The first-order valence-corrected chi connectivity index (χ1v) is 26.5. The molecule has 0 radical (unpaired) electrons. The number of benzene rings is 6. The number of ether oxygens (including phenoxy) is 13. The summed E-state index contributed by atoms with van der Waals surface area (Å²) in [5.74, 6) is -12.8. The molecule has 0 atom stereocenters. The Morgan fingerprint density at radius 1 is 0.213 bits per heavy atom. The number of esters is 12. The number of carbonyl (C=O) groups is 12. The molecule has 6 aromatic carbocycles. The van der Waals surface area contributed by atoms with E-state index in [9.17, 15) is 57.5 Å². The van der Waals surface area contributed by atoms with Gasteiger partial charge >= 0.3 is 71.6 Å². The molecule has 0 aromatic heterocycles. The fraction of sp³-hybridized carbons (Fsp3) is 0.250. The summed E-state index contributed by atoms with van der Waals surface area (Å²) >= 11 is 0. The highest BCUT2D eigenvalue weighted by atomic mass is 16.6. The lowest BCUT2D eigenvalue weighted by atomic mass is 9.90. The predicted octanol–water partition coefficient (Wildman–Crippen LogP) is 6.84. The van der Waals surface area contributed by atoms with Crippen LogP contribution in [0.3, 0.4) is 0 Å². The number of hydrogen-bond donors (Lipinski definition) is 0. The first-order chi connectivity index (χ1) is 42.8. The van der Waals surface area contributed by atoms with Crippen molar-refractivity contribution in [2.75, 3.05) is 95.5 Å². The van der Waals surface area contributed by atoms with Crippen LogP contribution in [0.4, 0.5) is 0 Å². The summed E-state index contributed by atoms with van der Waals surface area (Å²) < 4.78 is 71.0. The monoisotopic (exact) mass is 1230 g/mol. The lowest BCUT2D eigenvalue weighted by Gasteiger charge is -2.35. The summed E-state index contributed by atoms with van der Waals surface area (Å²) in [5.41, 5.74) is -7.83. The van der Waals surface area contributed by atoms with E-state index in [2.05, 4.69) is 0 Å². The SMILES string of the molecule is COC(=O)c1ccccc1C(=O)OCC(COCC(COC(=O)c1ccccc1C(=O)OC)(COC(=O)c1ccccc1C(=O)OC)COC(=O)c1ccccc1C(=O)OC)(COC(=O)c1ccccc1C(=O)OC)COC(=O)c1ccccc1C(=O)OC. The molecule has 0 N–H and O–H groups in total. The maximum Gasteiger partial charge on any atom is 0.339 e. The zero-order chi connectivity index (χ0) is 64.7. The quantitative estimate of drug-likeness (QED) is 0.0358. The number of rotatable bonds is 28. The average molecular weight is 1230 g/mol. The largest absolute Gasteiger partial charge is 0.465 e. The van der Waals surface area contributed by atoms with Crippen LogP contribution in [0.15, 0.2) is 146 Å². The van der Waals surface area contributed by atoms with Crippen LogP contribution in [0.2, 0.25) is 0 Å². The van der Waals surface area contributed by atoms with E-state index in [1.54, 1.807) is 0 Å². The van der Waals surface area contributed by atoms with Gasteiger partial charge in [-0.3, -0.25) is 0 Å². The van der Waals surface area contributed by atoms with Crippen molar-refractivity contribution in [1.82, 2.24) is 0 Å². The van der Waals surface area contributed by atoms with Gasteiger partial charge in [0.05, 0.1) is 133 Å². The van der Waals surface area contributed by atoms with E-state index in [1.165, 1.54) is 146 Å². The van der Waals surface area contributed by atoms with Gasteiger partial charge < -0.3 is 61.6 Å². The molecule has 89 heavy (non-hydrogen) atoms. The summed E-state index contributed by atoms with van der Waals surface area (Å²) in [6, 6.07) is 32.0. The first-order valence-electron chi connectivity index (χ1n) is 26.5. The summed E-state index contributed by atoms with van der Waals surface area (Å²) in [6.07, 6.45) is 0. The predicted molar refractivity (Wildman–Crippen MR) is 304 cm³/mol. The Balaban J connectivity index is 1.52. The van der Waals surface area contributed by atoms with Crippen molar-refractivity contribution < 1.29 is 119 Å². The van der Waals surface area contributed by atoms with Gasteiger partial charge in [0.25, 0.3) is 0 Å². The molecule has 6 aromatic rings. The molecule has 0 aliphatic rings. The second kappa shape index (κ2) is 31.9. The molecule has 6 rings (SSSR count). The van der Waals surface area contributed by atoms with Gasteiger partial charge in [0.15, 0.2) is 0 Å². The van der Waals surface area contributed by atoms with E-state index in [4.69, 9.17) is 61.6 Å². The third kappa shape index (κ3) is 17.1.